The molecule has 0 aliphatic carbocycles. The van der Waals surface area contributed by atoms with Crippen LogP contribution in [0.2, 0.25) is 5.02 Å². The summed E-state index contributed by atoms with van der Waals surface area (Å²) in [6.45, 7) is 1.84. The fourth-order valence-electron chi connectivity index (χ4n) is 1.61. The molecule has 2 rings (SSSR count). The van der Waals surface area contributed by atoms with E-state index in [0.717, 1.165) is 5.69 Å². The Morgan fingerprint density at radius 3 is 2.67 bits per heavy atom. The highest BCUT2D eigenvalue weighted by Gasteiger charge is 2.13. The second-order valence-corrected chi connectivity index (χ2v) is 4.70. The monoisotopic (exact) mass is 309 g/mol. The van der Waals surface area contributed by atoms with Gasteiger partial charge in [0.2, 0.25) is 0 Å². The molecule has 9 heteroatoms. The lowest BCUT2D eigenvalue weighted by Gasteiger charge is -2.07. The van der Waals surface area contributed by atoms with Crippen molar-refractivity contribution in [3.63, 3.8) is 0 Å². The smallest absolute Gasteiger partial charge is 0.306 e. The van der Waals surface area contributed by atoms with Crippen LogP contribution in [0, 0.1) is 17.0 Å². The molecule has 0 aliphatic heterocycles. The van der Waals surface area contributed by atoms with Crippen LogP contribution in [0.5, 0.6) is 0 Å². The predicted octanol–water partition coefficient (Wildman–Crippen LogP) is 2.93. The maximum atomic E-state index is 11.8. The van der Waals surface area contributed by atoms with E-state index in [1.54, 1.807) is 17.8 Å². The van der Waals surface area contributed by atoms with Crippen molar-refractivity contribution < 1.29 is 9.72 Å². The van der Waals surface area contributed by atoms with Crippen molar-refractivity contribution in [1.29, 1.82) is 0 Å². The zero-order valence-corrected chi connectivity index (χ0v) is 12.0. The molecule has 0 atom stereocenters. The Labute approximate surface area is 124 Å². The number of non-ortho nitro benzene ring substituents is 1. The third kappa shape index (κ3) is 3.48. The van der Waals surface area contributed by atoms with Gasteiger partial charge in [-0.1, -0.05) is 11.6 Å². The quantitative estimate of drug-likeness (QED) is 0.672. The maximum Gasteiger partial charge on any atom is 0.324 e. The van der Waals surface area contributed by atoms with Crippen LogP contribution in [0.15, 0.2) is 24.3 Å². The molecule has 1 aromatic heterocycles. The first-order valence-electron chi connectivity index (χ1n) is 5.89. The van der Waals surface area contributed by atoms with E-state index in [4.69, 9.17) is 11.6 Å². The highest BCUT2D eigenvalue weighted by atomic mass is 35.5. The highest BCUT2D eigenvalue weighted by Crippen LogP contribution is 2.26. The number of carbonyl (C=O) groups excluding carboxylic acids is 1. The summed E-state index contributed by atoms with van der Waals surface area (Å²) >= 11 is 5.89. The minimum atomic E-state index is -0.588. The van der Waals surface area contributed by atoms with Gasteiger partial charge in [-0.25, -0.2) is 4.79 Å². The fraction of sp³-hybridized carbons (Fsp3) is 0.167. The standard InChI is InChI=1S/C12H12ClN5O3/c1-7-5-11(16-17(7)2)15-12(19)14-10-6-8(18(20)21)3-4-9(10)13/h3-6H,1-2H3,(H2,14,15,16,19). The van der Waals surface area contributed by atoms with Crippen molar-refractivity contribution in [3.8, 4) is 0 Å². The van der Waals surface area contributed by atoms with Crippen LogP contribution in [-0.2, 0) is 7.05 Å². The summed E-state index contributed by atoms with van der Waals surface area (Å²) < 4.78 is 1.61. The third-order valence-electron chi connectivity index (χ3n) is 2.76. The average molecular weight is 310 g/mol. The number of rotatable bonds is 3. The van der Waals surface area contributed by atoms with Crippen LogP contribution >= 0.6 is 11.6 Å². The number of carbonyl (C=O) groups is 1. The summed E-state index contributed by atoms with van der Waals surface area (Å²) in [6, 6.07) is 4.89. The van der Waals surface area contributed by atoms with Gasteiger partial charge < -0.3 is 5.32 Å². The molecule has 0 radical (unpaired) electrons. The van der Waals surface area contributed by atoms with Gasteiger partial charge in [-0.15, -0.1) is 0 Å². The Balaban J connectivity index is 2.12. The highest BCUT2D eigenvalue weighted by molar-refractivity contribution is 6.33. The van der Waals surface area contributed by atoms with Gasteiger partial charge in [-0.3, -0.25) is 20.1 Å². The fourth-order valence-corrected chi connectivity index (χ4v) is 1.78. The molecule has 0 saturated heterocycles. The van der Waals surface area contributed by atoms with Crippen molar-refractivity contribution in [2.75, 3.05) is 10.6 Å². The van der Waals surface area contributed by atoms with Crippen LogP contribution in [0.4, 0.5) is 22.0 Å². The largest absolute Gasteiger partial charge is 0.324 e. The van der Waals surface area contributed by atoms with Gasteiger partial charge in [0.25, 0.3) is 5.69 Å². The number of nitrogens with zero attached hydrogens (tertiary/aromatic N) is 3. The van der Waals surface area contributed by atoms with Crippen molar-refractivity contribution >= 4 is 34.8 Å². The molecule has 0 aliphatic rings. The van der Waals surface area contributed by atoms with E-state index in [2.05, 4.69) is 15.7 Å². The van der Waals surface area contributed by atoms with Gasteiger partial charge in [0.15, 0.2) is 5.82 Å². The first-order chi connectivity index (χ1) is 9.86. The molecular formula is C12H12ClN5O3. The van der Waals surface area contributed by atoms with Gasteiger partial charge in [-0.2, -0.15) is 5.10 Å². The zero-order chi connectivity index (χ0) is 15.6. The topological polar surface area (TPSA) is 102 Å². The summed E-state index contributed by atoms with van der Waals surface area (Å²) in [5.41, 5.74) is 0.859. The lowest BCUT2D eigenvalue weighted by molar-refractivity contribution is -0.384. The molecule has 21 heavy (non-hydrogen) atoms. The third-order valence-corrected chi connectivity index (χ3v) is 3.09. The molecule has 0 saturated carbocycles. The molecule has 2 N–H and O–H groups in total. The lowest BCUT2D eigenvalue weighted by Crippen LogP contribution is -2.20. The number of aromatic nitrogens is 2. The molecule has 0 unspecified atom stereocenters. The number of nitro benzene ring substituents is 1. The Morgan fingerprint density at radius 2 is 2.10 bits per heavy atom. The van der Waals surface area contributed by atoms with E-state index in [-0.39, 0.29) is 16.4 Å². The second-order valence-electron chi connectivity index (χ2n) is 4.29. The molecule has 8 nitrogen and oxygen atoms in total. The molecule has 0 bridgehead atoms. The molecule has 2 amide bonds. The van der Waals surface area contributed by atoms with Gasteiger partial charge in [0, 0.05) is 30.9 Å². The number of nitrogens with one attached hydrogen (secondary N) is 2. The van der Waals surface area contributed by atoms with Crippen molar-refractivity contribution in [2.24, 2.45) is 7.05 Å². The second kappa shape index (κ2) is 5.80. The molecule has 0 fully saturated rings. The van der Waals surface area contributed by atoms with Crippen molar-refractivity contribution in [1.82, 2.24) is 9.78 Å². The number of anilines is 2. The van der Waals surface area contributed by atoms with E-state index >= 15 is 0 Å². The summed E-state index contributed by atoms with van der Waals surface area (Å²) in [4.78, 5) is 22.0. The predicted molar refractivity (Wildman–Crippen MR) is 78.7 cm³/mol. The number of urea groups is 1. The van der Waals surface area contributed by atoms with Crippen molar-refractivity contribution in [3.05, 3.63) is 45.1 Å². The molecule has 110 valence electrons. The normalized spacial score (nSPS) is 10.2. The van der Waals surface area contributed by atoms with Gasteiger partial charge in [0.1, 0.15) is 0 Å². The van der Waals surface area contributed by atoms with Crippen LogP contribution < -0.4 is 10.6 Å². The number of hydrogen-bond donors (Lipinski definition) is 2. The van der Waals surface area contributed by atoms with Gasteiger partial charge in [-0.05, 0) is 13.0 Å². The number of hydrogen-bond acceptors (Lipinski definition) is 4. The van der Waals surface area contributed by atoms with Crippen LogP contribution in [-0.4, -0.2) is 20.7 Å². The molecule has 1 aromatic carbocycles. The van der Waals surface area contributed by atoms with E-state index in [0.29, 0.717) is 5.82 Å². The van der Waals surface area contributed by atoms with Crippen LogP contribution in [0.1, 0.15) is 5.69 Å². The first kappa shape index (κ1) is 14.8. The summed E-state index contributed by atoms with van der Waals surface area (Å²) in [5.74, 6) is 0.369. The SMILES string of the molecule is Cc1cc(NC(=O)Nc2cc([N+](=O)[O-])ccc2Cl)nn1C. The Morgan fingerprint density at radius 1 is 1.38 bits per heavy atom. The molecular weight excluding hydrogens is 298 g/mol. The summed E-state index contributed by atoms with van der Waals surface area (Å²) in [5, 5.41) is 19.9. The molecule has 0 spiro atoms. The summed E-state index contributed by atoms with van der Waals surface area (Å²) in [6.07, 6.45) is 0. The van der Waals surface area contributed by atoms with Crippen molar-refractivity contribution in [2.45, 2.75) is 6.92 Å². The van der Waals surface area contributed by atoms with E-state index in [1.165, 1.54) is 18.2 Å². The lowest BCUT2D eigenvalue weighted by atomic mass is 10.3. The van der Waals surface area contributed by atoms with E-state index in [9.17, 15) is 14.9 Å². The minimum absolute atomic E-state index is 0.149. The van der Waals surface area contributed by atoms with E-state index < -0.39 is 11.0 Å². The van der Waals surface area contributed by atoms with Crippen LogP contribution in [0.3, 0.4) is 0 Å². The maximum absolute atomic E-state index is 11.8. The average Bonchev–Trinajstić information content (AvgIpc) is 2.70. The number of nitro groups is 1. The Kier molecular flexibility index (Phi) is 4.08. The first-order valence-corrected chi connectivity index (χ1v) is 6.27. The summed E-state index contributed by atoms with van der Waals surface area (Å²) in [7, 11) is 1.75. The Hall–Kier alpha value is -2.61. The van der Waals surface area contributed by atoms with Gasteiger partial charge in [0.05, 0.1) is 15.6 Å². The van der Waals surface area contributed by atoms with Crippen LogP contribution in [0.25, 0.3) is 0 Å². The van der Waals surface area contributed by atoms with E-state index in [1.807, 2.05) is 6.92 Å². The Bertz CT molecular complexity index is 693. The minimum Gasteiger partial charge on any atom is -0.306 e. The molecule has 1 heterocycles. The van der Waals surface area contributed by atoms with Gasteiger partial charge >= 0.3 is 6.03 Å². The number of benzene rings is 1. The molecule has 2 aromatic rings. The number of amides is 2. The zero-order valence-electron chi connectivity index (χ0n) is 11.3. The number of halogens is 1. The number of aryl methyl sites for hydroxylation is 2.